The summed E-state index contributed by atoms with van der Waals surface area (Å²) in [5.74, 6) is -1.80. The summed E-state index contributed by atoms with van der Waals surface area (Å²) in [5, 5.41) is 15.1. The van der Waals surface area contributed by atoms with Crippen molar-refractivity contribution in [1.82, 2.24) is 35.2 Å². The van der Waals surface area contributed by atoms with Gasteiger partial charge in [0, 0.05) is 30.0 Å². The van der Waals surface area contributed by atoms with E-state index in [0.717, 1.165) is 48.1 Å². The molecule has 1 saturated heterocycles. The molecule has 16 heteroatoms. The normalized spacial score (nSPS) is 25.9. The number of hydrogen-bond donors (Lipinski definition) is 3. The molecule has 6 bridgehead atoms. The quantitative estimate of drug-likeness (QED) is 0.245. The second-order valence-corrected chi connectivity index (χ2v) is 20.3. The number of ether oxygens (including phenoxy) is 2. The Hall–Kier alpha value is -5.25. The van der Waals surface area contributed by atoms with Crippen LogP contribution in [0.15, 0.2) is 61.2 Å². The number of hydrogen-bond acceptors (Lipinski definition) is 10. The predicted octanol–water partition coefficient (Wildman–Crippen LogP) is 5.47. The molecule has 322 valence electrons. The van der Waals surface area contributed by atoms with E-state index in [1.54, 1.807) is 11.9 Å². The molecule has 5 atom stereocenters. The Balaban J connectivity index is 1.30. The van der Waals surface area contributed by atoms with Gasteiger partial charge in [0.05, 0.1) is 18.4 Å². The number of nitrogens with zero attached hydrogens (tertiary/aromatic N) is 4. The van der Waals surface area contributed by atoms with Crippen LogP contribution in [0.2, 0.25) is 0 Å². The van der Waals surface area contributed by atoms with Crippen LogP contribution in [0.5, 0.6) is 5.75 Å². The first kappa shape index (κ1) is 42.9. The highest BCUT2D eigenvalue weighted by molar-refractivity contribution is 7.91. The summed E-state index contributed by atoms with van der Waals surface area (Å²) in [6, 6.07) is 12.7. The van der Waals surface area contributed by atoms with Crippen molar-refractivity contribution < 1.29 is 37.1 Å². The van der Waals surface area contributed by atoms with Gasteiger partial charge in [-0.3, -0.25) is 19.1 Å². The van der Waals surface area contributed by atoms with Crippen LogP contribution in [0, 0.1) is 11.3 Å². The van der Waals surface area contributed by atoms with Crippen LogP contribution in [-0.2, 0) is 35.6 Å². The number of alkyl carbamates (subject to hydrolysis) is 1. The van der Waals surface area contributed by atoms with Gasteiger partial charge < -0.3 is 25.0 Å². The second kappa shape index (κ2) is 16.3. The van der Waals surface area contributed by atoms with Crippen molar-refractivity contribution in [2.24, 2.45) is 11.3 Å². The third-order valence-electron chi connectivity index (χ3n) is 12.1. The van der Waals surface area contributed by atoms with Crippen LogP contribution >= 0.6 is 0 Å². The molecule has 15 nitrogen and oxygen atoms in total. The Bertz CT molecular complexity index is 2270. The number of methoxy groups -OCH3 is 1. The molecule has 3 fully saturated rings. The summed E-state index contributed by atoms with van der Waals surface area (Å²) in [7, 11) is -2.28. The lowest BCUT2D eigenvalue weighted by molar-refractivity contribution is -0.143. The van der Waals surface area contributed by atoms with Crippen LogP contribution in [0.4, 0.5) is 4.79 Å². The Labute approximate surface area is 352 Å². The van der Waals surface area contributed by atoms with E-state index >= 15 is 0 Å². The molecular weight excluding hydrogens is 787 g/mol. The van der Waals surface area contributed by atoms with Crippen LogP contribution in [-0.4, -0.2) is 94.3 Å². The molecule has 0 spiro atoms. The maximum atomic E-state index is 14.9. The molecule has 2 aromatic carbocycles. The van der Waals surface area contributed by atoms with Crippen molar-refractivity contribution >= 4 is 33.8 Å². The van der Waals surface area contributed by atoms with Gasteiger partial charge in [0.2, 0.25) is 21.8 Å². The van der Waals surface area contributed by atoms with Crippen LogP contribution in [0.3, 0.4) is 0 Å². The molecule has 2 saturated carbocycles. The van der Waals surface area contributed by atoms with E-state index in [1.807, 2.05) is 77.1 Å². The zero-order valence-electron chi connectivity index (χ0n) is 35.3. The molecular formula is C44H57N7O8S. The minimum absolute atomic E-state index is 0.0118. The first-order valence-corrected chi connectivity index (χ1v) is 22.4. The first-order chi connectivity index (χ1) is 28.4. The molecule has 4 amide bonds. The highest BCUT2D eigenvalue weighted by atomic mass is 32.2. The summed E-state index contributed by atoms with van der Waals surface area (Å²) in [5.41, 5.74) is 0.654. The van der Waals surface area contributed by atoms with Gasteiger partial charge in [0.15, 0.2) is 0 Å². The first-order valence-electron chi connectivity index (χ1n) is 20.9. The van der Waals surface area contributed by atoms with Gasteiger partial charge in [-0.05, 0) is 88.0 Å². The Morgan fingerprint density at radius 1 is 1.02 bits per heavy atom. The smallest absolute Gasteiger partial charge is 0.408 e. The van der Waals surface area contributed by atoms with Gasteiger partial charge in [-0.25, -0.2) is 13.2 Å². The number of aromatic nitrogens is 3. The number of sulfonamides is 1. The summed E-state index contributed by atoms with van der Waals surface area (Å²) in [6.45, 7) is 12.9. The largest absolute Gasteiger partial charge is 0.496 e. The highest BCUT2D eigenvalue weighted by Crippen LogP contribution is 2.46. The average Bonchev–Trinajstić information content (AvgIpc) is 4.08. The van der Waals surface area contributed by atoms with Crippen LogP contribution in [0.1, 0.15) is 97.6 Å². The number of aryl methyl sites for hydroxylation is 1. The number of carbonyl (C=O) groups excluding carboxylic acids is 4. The molecule has 1 aromatic heterocycles. The lowest BCUT2D eigenvalue weighted by Gasteiger charge is -2.36. The second-order valence-electron chi connectivity index (χ2n) is 18.3. The monoisotopic (exact) mass is 843 g/mol. The topological polar surface area (TPSA) is 191 Å². The lowest BCUT2D eigenvalue weighted by Crippen LogP contribution is -2.60. The van der Waals surface area contributed by atoms with Gasteiger partial charge in [0.25, 0.3) is 5.91 Å². The number of amides is 4. The SMILES string of the molecule is C=C[C@@H]1C[C@]1(NC(=O)[C@@H]1C[C@@H]2CN1C(=O)[C@H](C(C)(C)C)NC(=O)OC(C)(C)CCCCCc1cc(ccc1OC)-c1nn2nc1-c1ccccc1)C(=O)NS(=O)(=O)C1CC1. The molecule has 4 aliphatic rings. The summed E-state index contributed by atoms with van der Waals surface area (Å²) >= 11 is 0. The third-order valence-corrected chi connectivity index (χ3v) is 14.0. The molecule has 3 aromatic rings. The summed E-state index contributed by atoms with van der Waals surface area (Å²) in [6.07, 6.45) is 5.74. The van der Waals surface area contributed by atoms with E-state index in [0.29, 0.717) is 30.7 Å². The number of fused-ring (bicyclic) bond motifs is 8. The van der Waals surface area contributed by atoms with Crippen LogP contribution < -0.4 is 20.1 Å². The fourth-order valence-electron chi connectivity index (χ4n) is 8.39. The molecule has 2 aliphatic heterocycles. The highest BCUT2D eigenvalue weighted by Gasteiger charge is 2.62. The fourth-order valence-corrected chi connectivity index (χ4v) is 9.75. The molecule has 7 rings (SSSR count). The third kappa shape index (κ3) is 8.93. The predicted molar refractivity (Wildman–Crippen MR) is 225 cm³/mol. The van der Waals surface area contributed by atoms with E-state index < -0.39 is 79.7 Å². The standard InChI is InChI=1S/C44H57N7O8S/c1-8-30-25-44(30,40(54)49-60(56,57)32-19-20-32)46-38(52)33-24-31-26-50(33)39(53)37(42(2,3)4)45-41(55)59-43(5,6)22-14-10-13-17-28-23-29(18-21-34(28)58-7)36-35(47-51(31)48-36)27-15-11-9-12-16-27/h8-9,11-12,15-16,18,21,23,30-33,37H,1,10,13-14,17,19-20,22,24-26H2,2-7H3,(H,45,55)(H,46,52)(H,49,54)/t30-,31-,33+,37-,44-/m1/s1. The van der Waals surface area contributed by atoms with Gasteiger partial charge >= 0.3 is 6.09 Å². The minimum Gasteiger partial charge on any atom is -0.496 e. The molecule has 3 N–H and O–H groups in total. The molecule has 2 aliphatic carbocycles. The molecule has 0 radical (unpaired) electrons. The van der Waals surface area contributed by atoms with Crippen molar-refractivity contribution in [3.63, 3.8) is 0 Å². The Kier molecular flexibility index (Phi) is 11.7. The van der Waals surface area contributed by atoms with Crippen molar-refractivity contribution in [3.05, 3.63) is 66.7 Å². The number of cyclic esters (lactones) is 1. The summed E-state index contributed by atoms with van der Waals surface area (Å²) < 4.78 is 39.6. The van der Waals surface area contributed by atoms with Crippen molar-refractivity contribution in [1.29, 1.82) is 0 Å². The Morgan fingerprint density at radius 3 is 2.35 bits per heavy atom. The van der Waals surface area contributed by atoms with Crippen molar-refractivity contribution in [2.45, 2.75) is 127 Å². The number of rotatable bonds is 8. The van der Waals surface area contributed by atoms with Gasteiger partial charge in [-0.15, -0.1) is 6.58 Å². The van der Waals surface area contributed by atoms with E-state index in [2.05, 4.69) is 28.0 Å². The van der Waals surface area contributed by atoms with Gasteiger partial charge in [0.1, 0.15) is 40.4 Å². The number of benzene rings is 2. The van der Waals surface area contributed by atoms with E-state index in [4.69, 9.17) is 19.7 Å². The zero-order chi connectivity index (χ0) is 43.2. The number of carbonyl (C=O) groups is 4. The van der Waals surface area contributed by atoms with Crippen molar-refractivity contribution in [3.8, 4) is 28.3 Å². The minimum atomic E-state index is -3.92. The van der Waals surface area contributed by atoms with E-state index in [9.17, 15) is 27.6 Å². The van der Waals surface area contributed by atoms with Crippen LogP contribution in [0.25, 0.3) is 22.5 Å². The molecule has 3 heterocycles. The van der Waals surface area contributed by atoms with E-state index in [1.165, 1.54) is 11.0 Å². The Morgan fingerprint density at radius 2 is 1.72 bits per heavy atom. The number of nitrogens with one attached hydrogen (secondary N) is 3. The zero-order valence-corrected chi connectivity index (χ0v) is 36.1. The fraction of sp³-hybridized carbons (Fsp3) is 0.545. The lowest BCUT2D eigenvalue weighted by atomic mass is 9.85. The maximum Gasteiger partial charge on any atom is 0.408 e. The average molecular weight is 844 g/mol. The summed E-state index contributed by atoms with van der Waals surface area (Å²) in [4.78, 5) is 59.8. The molecule has 60 heavy (non-hydrogen) atoms. The van der Waals surface area contributed by atoms with Gasteiger partial charge in [-0.1, -0.05) is 63.6 Å². The van der Waals surface area contributed by atoms with Crippen molar-refractivity contribution in [2.75, 3.05) is 13.7 Å². The maximum absolute atomic E-state index is 14.9. The van der Waals surface area contributed by atoms with E-state index in [-0.39, 0.29) is 19.4 Å². The molecule has 0 unspecified atom stereocenters. The van der Waals surface area contributed by atoms with Gasteiger partial charge in [-0.2, -0.15) is 15.0 Å².